The Labute approximate surface area is 122 Å². The molecule has 2 rings (SSSR count). The van der Waals surface area contributed by atoms with E-state index in [9.17, 15) is 4.79 Å². The normalized spacial score (nSPS) is 18.8. The first-order valence-corrected chi connectivity index (χ1v) is 7.17. The molecular formula is C14H18INO2. The van der Waals surface area contributed by atoms with Crippen LogP contribution in [0.3, 0.4) is 0 Å². The van der Waals surface area contributed by atoms with Gasteiger partial charge < -0.3 is 9.64 Å². The Bertz CT molecular complexity index is 471. The molecule has 1 heterocycles. The molecule has 1 saturated heterocycles. The van der Waals surface area contributed by atoms with Crippen LogP contribution in [0.2, 0.25) is 0 Å². The highest BCUT2D eigenvalue weighted by molar-refractivity contribution is 14.1. The summed E-state index contributed by atoms with van der Waals surface area (Å²) in [5.41, 5.74) is 1.70. The van der Waals surface area contributed by atoms with Crippen LogP contribution >= 0.6 is 22.6 Å². The minimum absolute atomic E-state index is 0.111. The first-order valence-electron chi connectivity index (χ1n) is 6.09. The van der Waals surface area contributed by atoms with Crippen LogP contribution < -0.4 is 0 Å². The summed E-state index contributed by atoms with van der Waals surface area (Å²) < 4.78 is 6.69. The van der Waals surface area contributed by atoms with E-state index >= 15 is 0 Å². The van der Waals surface area contributed by atoms with Crippen LogP contribution in [0, 0.1) is 10.5 Å². The van der Waals surface area contributed by atoms with Crippen LogP contribution in [0.15, 0.2) is 18.2 Å². The molecule has 18 heavy (non-hydrogen) atoms. The van der Waals surface area contributed by atoms with Gasteiger partial charge in [-0.15, -0.1) is 0 Å². The number of morpholine rings is 1. The summed E-state index contributed by atoms with van der Waals surface area (Å²) in [6.07, 6.45) is 0. The zero-order valence-corrected chi connectivity index (χ0v) is 13.2. The third-order valence-corrected chi connectivity index (χ3v) is 4.57. The molecule has 0 unspecified atom stereocenters. The molecule has 1 aromatic rings. The Morgan fingerprint density at radius 2 is 2.17 bits per heavy atom. The topological polar surface area (TPSA) is 29.5 Å². The highest BCUT2D eigenvalue weighted by atomic mass is 127. The molecule has 1 aliphatic heterocycles. The Morgan fingerprint density at radius 1 is 1.44 bits per heavy atom. The van der Waals surface area contributed by atoms with Crippen LogP contribution in [-0.4, -0.2) is 36.1 Å². The summed E-state index contributed by atoms with van der Waals surface area (Å²) >= 11 is 2.25. The molecule has 0 bridgehead atoms. The predicted octanol–water partition coefficient (Wildman–Crippen LogP) is 2.85. The number of amides is 1. The van der Waals surface area contributed by atoms with Crippen molar-refractivity contribution >= 4 is 28.5 Å². The SMILES string of the molecule is Cc1cccc(C(=O)N2CCOC(C)(C)C2)c1I. The number of hydrogen-bond donors (Lipinski definition) is 0. The highest BCUT2D eigenvalue weighted by Crippen LogP contribution is 2.22. The number of ether oxygens (including phenoxy) is 1. The third kappa shape index (κ3) is 2.85. The Morgan fingerprint density at radius 3 is 2.83 bits per heavy atom. The zero-order valence-electron chi connectivity index (χ0n) is 11.0. The Kier molecular flexibility index (Phi) is 3.96. The number of carbonyl (C=O) groups excluding carboxylic acids is 1. The van der Waals surface area contributed by atoms with Crippen molar-refractivity contribution in [1.29, 1.82) is 0 Å². The fraction of sp³-hybridized carbons (Fsp3) is 0.500. The van der Waals surface area contributed by atoms with Gasteiger partial charge in [0.05, 0.1) is 17.8 Å². The van der Waals surface area contributed by atoms with Crippen molar-refractivity contribution in [2.24, 2.45) is 0 Å². The van der Waals surface area contributed by atoms with E-state index in [0.717, 1.165) is 14.7 Å². The van der Waals surface area contributed by atoms with E-state index in [1.807, 2.05) is 43.9 Å². The first kappa shape index (κ1) is 13.8. The minimum atomic E-state index is -0.247. The largest absolute Gasteiger partial charge is 0.372 e. The number of aryl methyl sites for hydroxylation is 1. The van der Waals surface area contributed by atoms with Crippen molar-refractivity contribution in [3.63, 3.8) is 0 Å². The lowest BCUT2D eigenvalue weighted by Gasteiger charge is -2.38. The Hall–Kier alpha value is -0.620. The van der Waals surface area contributed by atoms with Crippen molar-refractivity contribution in [3.05, 3.63) is 32.9 Å². The first-order chi connectivity index (χ1) is 8.41. The fourth-order valence-corrected chi connectivity index (χ4v) is 2.76. The quantitative estimate of drug-likeness (QED) is 0.722. The van der Waals surface area contributed by atoms with E-state index in [-0.39, 0.29) is 11.5 Å². The van der Waals surface area contributed by atoms with Crippen LogP contribution in [-0.2, 0) is 4.74 Å². The lowest BCUT2D eigenvalue weighted by Crippen LogP contribution is -2.50. The molecule has 1 amide bonds. The van der Waals surface area contributed by atoms with Gasteiger partial charge >= 0.3 is 0 Å². The molecule has 0 aliphatic carbocycles. The molecule has 0 atom stereocenters. The Balaban J connectivity index is 2.23. The second-order valence-corrected chi connectivity index (χ2v) is 6.35. The molecule has 1 fully saturated rings. The van der Waals surface area contributed by atoms with Crippen LogP contribution in [0.5, 0.6) is 0 Å². The van der Waals surface area contributed by atoms with Gasteiger partial charge in [0.1, 0.15) is 0 Å². The molecule has 4 heteroatoms. The molecule has 1 aliphatic rings. The molecule has 0 radical (unpaired) electrons. The van der Waals surface area contributed by atoms with Gasteiger partial charge in [0.25, 0.3) is 5.91 Å². The number of hydrogen-bond acceptors (Lipinski definition) is 2. The van der Waals surface area contributed by atoms with Gasteiger partial charge in [0.2, 0.25) is 0 Å². The molecule has 3 nitrogen and oxygen atoms in total. The monoisotopic (exact) mass is 359 g/mol. The summed E-state index contributed by atoms with van der Waals surface area (Å²) in [6, 6.07) is 5.87. The average Bonchev–Trinajstić information content (AvgIpc) is 2.30. The number of nitrogens with zero attached hydrogens (tertiary/aromatic N) is 1. The van der Waals surface area contributed by atoms with E-state index in [1.54, 1.807) is 0 Å². The van der Waals surface area contributed by atoms with Gasteiger partial charge in [-0.25, -0.2) is 0 Å². The van der Waals surface area contributed by atoms with Gasteiger partial charge in [-0.3, -0.25) is 4.79 Å². The van der Waals surface area contributed by atoms with Gasteiger partial charge in [0, 0.05) is 16.7 Å². The summed E-state index contributed by atoms with van der Waals surface area (Å²) in [4.78, 5) is 14.4. The lowest BCUT2D eigenvalue weighted by atomic mass is 10.1. The second kappa shape index (κ2) is 5.17. The van der Waals surface area contributed by atoms with Gasteiger partial charge in [-0.05, 0) is 55.0 Å². The van der Waals surface area contributed by atoms with Gasteiger partial charge in [-0.1, -0.05) is 12.1 Å². The molecular weight excluding hydrogens is 341 g/mol. The summed E-state index contributed by atoms with van der Waals surface area (Å²) in [6.45, 7) is 8.01. The van der Waals surface area contributed by atoms with Crippen molar-refractivity contribution < 1.29 is 9.53 Å². The van der Waals surface area contributed by atoms with Gasteiger partial charge in [0.15, 0.2) is 0 Å². The molecule has 0 N–H and O–H groups in total. The van der Waals surface area contributed by atoms with Crippen LogP contribution in [0.25, 0.3) is 0 Å². The van der Waals surface area contributed by atoms with E-state index < -0.39 is 0 Å². The van der Waals surface area contributed by atoms with E-state index in [2.05, 4.69) is 22.6 Å². The lowest BCUT2D eigenvalue weighted by molar-refractivity contribution is -0.0764. The minimum Gasteiger partial charge on any atom is -0.372 e. The highest BCUT2D eigenvalue weighted by Gasteiger charge is 2.31. The van der Waals surface area contributed by atoms with Crippen molar-refractivity contribution in [1.82, 2.24) is 4.90 Å². The number of halogens is 1. The summed E-state index contributed by atoms with van der Waals surface area (Å²) in [5.74, 6) is 0.111. The predicted molar refractivity (Wildman–Crippen MR) is 79.8 cm³/mol. The van der Waals surface area contributed by atoms with Crippen LogP contribution in [0.4, 0.5) is 0 Å². The fourth-order valence-electron chi connectivity index (χ4n) is 2.17. The summed E-state index contributed by atoms with van der Waals surface area (Å²) in [5, 5.41) is 0. The molecule has 0 aromatic heterocycles. The maximum Gasteiger partial charge on any atom is 0.255 e. The molecule has 98 valence electrons. The molecule has 1 aromatic carbocycles. The van der Waals surface area contributed by atoms with E-state index in [1.165, 1.54) is 0 Å². The van der Waals surface area contributed by atoms with Crippen molar-refractivity contribution in [2.75, 3.05) is 19.7 Å². The molecule has 0 spiro atoms. The molecule has 0 saturated carbocycles. The van der Waals surface area contributed by atoms with Gasteiger partial charge in [-0.2, -0.15) is 0 Å². The van der Waals surface area contributed by atoms with Crippen LogP contribution in [0.1, 0.15) is 29.8 Å². The average molecular weight is 359 g/mol. The standard InChI is InChI=1S/C14H18INO2/c1-10-5-4-6-11(12(10)15)13(17)16-7-8-18-14(2,3)9-16/h4-6H,7-9H2,1-3H3. The van der Waals surface area contributed by atoms with E-state index in [4.69, 9.17) is 4.74 Å². The van der Waals surface area contributed by atoms with Crippen molar-refractivity contribution in [2.45, 2.75) is 26.4 Å². The smallest absolute Gasteiger partial charge is 0.255 e. The zero-order chi connectivity index (χ0) is 13.3. The van der Waals surface area contributed by atoms with Crippen molar-refractivity contribution in [3.8, 4) is 0 Å². The maximum atomic E-state index is 12.5. The maximum absolute atomic E-state index is 12.5. The second-order valence-electron chi connectivity index (χ2n) is 5.27. The number of rotatable bonds is 1. The number of benzene rings is 1. The van der Waals surface area contributed by atoms with E-state index in [0.29, 0.717) is 19.7 Å². The summed E-state index contributed by atoms with van der Waals surface area (Å²) in [7, 11) is 0. The third-order valence-electron chi connectivity index (χ3n) is 3.14. The number of carbonyl (C=O) groups is 1.